The number of benzene rings is 3. The number of nitro groups is 1. The van der Waals surface area contributed by atoms with Crippen LogP contribution in [0.2, 0.25) is 0 Å². The number of sulfonamides is 1. The van der Waals surface area contributed by atoms with Crippen LogP contribution in [0.15, 0.2) is 71.6 Å². The molecular weight excluding hydrogens is 547 g/mol. The number of halogens is 1. The zero-order valence-corrected chi connectivity index (χ0v) is 23.4. The average molecular weight is 581 g/mol. The Bertz CT molecular complexity index is 1560. The third-order valence-corrected chi connectivity index (χ3v) is 10.8. The minimum absolute atomic E-state index is 0.0865. The number of aliphatic hydroxyl groups excluding tert-OH is 1. The van der Waals surface area contributed by atoms with Gasteiger partial charge >= 0.3 is 0 Å². The second-order valence-corrected chi connectivity index (χ2v) is 12.9. The number of nitrogens with zero attached hydrogens (tertiary/aromatic N) is 4. The third kappa shape index (κ3) is 5.17. The van der Waals surface area contributed by atoms with Crippen molar-refractivity contribution in [2.45, 2.75) is 35.7 Å². The highest BCUT2D eigenvalue weighted by Crippen LogP contribution is 2.53. The van der Waals surface area contributed by atoms with E-state index in [2.05, 4.69) is 9.80 Å². The summed E-state index contributed by atoms with van der Waals surface area (Å²) in [7, 11) is -4.38. The fourth-order valence-electron chi connectivity index (χ4n) is 6.92. The molecule has 6 rings (SSSR count). The molecule has 1 N–H and O–H groups in total. The van der Waals surface area contributed by atoms with Crippen molar-refractivity contribution in [1.82, 2.24) is 14.1 Å². The lowest BCUT2D eigenvalue weighted by Gasteiger charge is -2.38. The van der Waals surface area contributed by atoms with Crippen molar-refractivity contribution in [3.05, 3.63) is 105 Å². The van der Waals surface area contributed by atoms with Gasteiger partial charge in [-0.2, -0.15) is 4.31 Å². The lowest BCUT2D eigenvalue weighted by Crippen LogP contribution is -2.51. The smallest absolute Gasteiger partial charge is 0.289 e. The monoisotopic (exact) mass is 580 g/mol. The fraction of sp³-hybridized carbons (Fsp3) is 0.400. The number of rotatable bonds is 7. The summed E-state index contributed by atoms with van der Waals surface area (Å²) < 4.78 is 45.5. The Balaban J connectivity index is 1.48. The van der Waals surface area contributed by atoms with Gasteiger partial charge in [0.25, 0.3) is 15.7 Å². The van der Waals surface area contributed by atoms with E-state index in [1.807, 2.05) is 24.3 Å². The summed E-state index contributed by atoms with van der Waals surface area (Å²) in [5.41, 5.74) is 3.11. The first-order valence-corrected chi connectivity index (χ1v) is 15.4. The van der Waals surface area contributed by atoms with E-state index in [1.165, 1.54) is 40.7 Å². The molecule has 3 aromatic carbocycles. The Kier molecular flexibility index (Phi) is 7.64. The molecule has 2 saturated heterocycles. The van der Waals surface area contributed by atoms with Crippen LogP contribution in [0.1, 0.15) is 40.6 Å². The van der Waals surface area contributed by atoms with E-state index in [1.54, 1.807) is 6.07 Å². The molecular formula is C30H33FN4O5S. The maximum absolute atomic E-state index is 14.8. The minimum atomic E-state index is -4.38. The van der Waals surface area contributed by atoms with Crippen molar-refractivity contribution in [1.29, 1.82) is 0 Å². The van der Waals surface area contributed by atoms with Gasteiger partial charge in [0.05, 0.1) is 17.6 Å². The van der Waals surface area contributed by atoms with Gasteiger partial charge in [-0.3, -0.25) is 19.9 Å². The SMILES string of the molecule is O=[N+]([O-])c1ccccc1S(=O)(=O)N1[C@@H](CN2CCN(CCO)CC2)C[C@@H]2c3ccccc3Cc3ccc(F)cc3[C@H]21. The molecule has 0 radical (unpaired) electrons. The highest BCUT2D eigenvalue weighted by molar-refractivity contribution is 7.89. The Morgan fingerprint density at radius 2 is 1.61 bits per heavy atom. The van der Waals surface area contributed by atoms with E-state index in [0.29, 0.717) is 44.6 Å². The lowest BCUT2D eigenvalue weighted by molar-refractivity contribution is -0.387. The number of hydrogen-bond acceptors (Lipinski definition) is 7. The predicted molar refractivity (Wildman–Crippen MR) is 152 cm³/mol. The lowest BCUT2D eigenvalue weighted by atomic mass is 9.87. The van der Waals surface area contributed by atoms with E-state index in [0.717, 1.165) is 29.8 Å². The van der Waals surface area contributed by atoms with Crippen molar-refractivity contribution in [2.24, 2.45) is 0 Å². The maximum atomic E-state index is 14.8. The molecule has 3 aliphatic rings. The quantitative estimate of drug-likeness (QED) is 0.337. The molecule has 2 heterocycles. The van der Waals surface area contributed by atoms with Crippen molar-refractivity contribution >= 4 is 15.7 Å². The molecule has 0 unspecified atom stereocenters. The molecule has 2 aliphatic heterocycles. The molecule has 0 amide bonds. The van der Waals surface area contributed by atoms with Gasteiger partial charge in [0, 0.05) is 57.3 Å². The van der Waals surface area contributed by atoms with Gasteiger partial charge in [0.15, 0.2) is 4.90 Å². The molecule has 0 bridgehead atoms. The van der Waals surface area contributed by atoms with Gasteiger partial charge in [-0.1, -0.05) is 42.5 Å². The van der Waals surface area contributed by atoms with Gasteiger partial charge in [0.2, 0.25) is 0 Å². The predicted octanol–water partition coefficient (Wildman–Crippen LogP) is 3.54. The molecule has 1 aliphatic carbocycles. The summed E-state index contributed by atoms with van der Waals surface area (Å²) in [4.78, 5) is 15.3. The molecule has 216 valence electrons. The first-order chi connectivity index (χ1) is 19.8. The fourth-order valence-corrected chi connectivity index (χ4v) is 8.91. The Labute approximate surface area is 239 Å². The number of hydrogen-bond donors (Lipinski definition) is 1. The minimum Gasteiger partial charge on any atom is -0.395 e. The highest BCUT2D eigenvalue weighted by atomic mass is 32.2. The molecule has 3 aromatic rings. The summed E-state index contributed by atoms with van der Waals surface area (Å²) in [6.45, 7) is 4.08. The molecule has 0 spiro atoms. The van der Waals surface area contributed by atoms with Gasteiger partial charge in [-0.05, 0) is 53.3 Å². The Hall–Kier alpha value is -3.22. The number of aliphatic hydroxyl groups is 1. The van der Waals surface area contributed by atoms with Crippen molar-refractivity contribution < 1.29 is 22.8 Å². The normalized spacial score (nSPS) is 23.4. The zero-order chi connectivity index (χ0) is 28.7. The van der Waals surface area contributed by atoms with Gasteiger partial charge in [-0.25, -0.2) is 12.8 Å². The van der Waals surface area contributed by atoms with Gasteiger partial charge in [0.1, 0.15) is 5.82 Å². The number of piperazine rings is 1. The maximum Gasteiger partial charge on any atom is 0.289 e. The Morgan fingerprint density at radius 1 is 0.927 bits per heavy atom. The summed E-state index contributed by atoms with van der Waals surface area (Å²) in [5.74, 6) is -0.688. The van der Waals surface area contributed by atoms with E-state index in [9.17, 15) is 28.0 Å². The van der Waals surface area contributed by atoms with Crippen molar-refractivity contribution in [2.75, 3.05) is 45.9 Å². The standard InChI is InChI=1S/C30H33FN4O5S/c31-23-10-9-22-17-21-5-1-2-6-25(21)27-19-24(20-33-13-11-32(12-14-33)15-16-36)34(30(27)26(22)18-23)41(39,40)29-8-4-3-7-28(29)35(37)38/h1-10,18,24,27,30,36H,11-17,19-20H2/t24-,27-,30-/m1/s1. The van der Waals surface area contributed by atoms with Crippen LogP contribution in [0.5, 0.6) is 0 Å². The second kappa shape index (κ2) is 11.2. The van der Waals surface area contributed by atoms with E-state index in [-0.39, 0.29) is 17.4 Å². The molecule has 11 heteroatoms. The summed E-state index contributed by atoms with van der Waals surface area (Å²) in [6.07, 6.45) is 1.06. The van der Waals surface area contributed by atoms with E-state index >= 15 is 0 Å². The van der Waals surface area contributed by atoms with Crippen LogP contribution in [0.3, 0.4) is 0 Å². The molecule has 3 atom stereocenters. The van der Waals surface area contributed by atoms with Gasteiger partial charge in [-0.15, -0.1) is 0 Å². The van der Waals surface area contributed by atoms with Crippen molar-refractivity contribution in [3.63, 3.8) is 0 Å². The summed E-state index contributed by atoms with van der Waals surface area (Å²) >= 11 is 0. The summed E-state index contributed by atoms with van der Waals surface area (Å²) in [5, 5.41) is 21.3. The number of nitro benzene ring substituents is 1. The second-order valence-electron chi connectivity index (χ2n) is 11.1. The van der Waals surface area contributed by atoms with Crippen LogP contribution in [0.25, 0.3) is 0 Å². The number of fused-ring (bicyclic) bond motifs is 5. The van der Waals surface area contributed by atoms with Gasteiger partial charge < -0.3 is 5.11 Å². The molecule has 0 saturated carbocycles. The summed E-state index contributed by atoms with van der Waals surface area (Å²) in [6, 6.07) is 16.8. The first kappa shape index (κ1) is 27.9. The highest BCUT2D eigenvalue weighted by Gasteiger charge is 2.52. The van der Waals surface area contributed by atoms with Crippen LogP contribution in [0.4, 0.5) is 10.1 Å². The van der Waals surface area contributed by atoms with Crippen molar-refractivity contribution in [3.8, 4) is 0 Å². The molecule has 9 nitrogen and oxygen atoms in total. The van der Waals surface area contributed by atoms with Crippen LogP contribution >= 0.6 is 0 Å². The zero-order valence-electron chi connectivity index (χ0n) is 22.6. The number of β-amino-alcohol motifs (C(OH)–C–C–N with tert-alkyl or cyclic N) is 1. The van der Waals surface area contributed by atoms with E-state index in [4.69, 9.17) is 0 Å². The topological polar surface area (TPSA) is 107 Å². The van der Waals surface area contributed by atoms with Crippen LogP contribution in [-0.2, 0) is 16.4 Å². The van der Waals surface area contributed by atoms with Crippen LogP contribution in [0, 0.1) is 15.9 Å². The van der Waals surface area contributed by atoms with Crippen LogP contribution < -0.4 is 0 Å². The van der Waals surface area contributed by atoms with E-state index < -0.39 is 38.5 Å². The third-order valence-electron chi connectivity index (χ3n) is 8.77. The Morgan fingerprint density at radius 3 is 2.37 bits per heavy atom. The molecule has 0 aromatic heterocycles. The van der Waals surface area contributed by atoms with Crippen LogP contribution in [-0.4, -0.2) is 84.5 Å². The molecule has 41 heavy (non-hydrogen) atoms. The largest absolute Gasteiger partial charge is 0.395 e. The number of para-hydroxylation sites is 1. The average Bonchev–Trinajstić information content (AvgIpc) is 3.29. The molecule has 2 fully saturated rings. The first-order valence-electron chi connectivity index (χ1n) is 14.0.